The average molecular weight is 312 g/mol. The van der Waals surface area contributed by atoms with E-state index in [1.165, 1.54) is 12.1 Å². The van der Waals surface area contributed by atoms with E-state index in [-0.39, 0.29) is 11.9 Å². The number of pyridine rings is 1. The van der Waals surface area contributed by atoms with Gasteiger partial charge in [-0.25, -0.2) is 4.39 Å². The van der Waals surface area contributed by atoms with Crippen LogP contribution in [-0.4, -0.2) is 27.1 Å². The van der Waals surface area contributed by atoms with Crippen molar-refractivity contribution in [2.75, 3.05) is 7.05 Å². The van der Waals surface area contributed by atoms with Crippen molar-refractivity contribution in [2.45, 2.75) is 19.5 Å². The van der Waals surface area contributed by atoms with E-state index in [1.54, 1.807) is 24.5 Å². The molecule has 23 heavy (non-hydrogen) atoms. The highest BCUT2D eigenvalue weighted by atomic mass is 19.1. The summed E-state index contributed by atoms with van der Waals surface area (Å²) < 4.78 is 18.3. The normalized spacial score (nSPS) is 12.5. The second kappa shape index (κ2) is 6.66. The first-order valence-corrected chi connectivity index (χ1v) is 7.32. The molecule has 3 rings (SSSR count). The van der Waals surface area contributed by atoms with Crippen molar-refractivity contribution in [2.24, 2.45) is 0 Å². The van der Waals surface area contributed by atoms with Gasteiger partial charge in [0.05, 0.1) is 6.54 Å². The number of rotatable bonds is 5. The van der Waals surface area contributed by atoms with Crippen molar-refractivity contribution in [3.8, 4) is 11.4 Å². The van der Waals surface area contributed by atoms with Gasteiger partial charge in [0, 0.05) is 24.0 Å². The van der Waals surface area contributed by atoms with Crippen LogP contribution in [0.5, 0.6) is 0 Å². The molecule has 2 aromatic heterocycles. The van der Waals surface area contributed by atoms with Crippen molar-refractivity contribution in [3.05, 3.63) is 66.1 Å². The Labute approximate surface area is 133 Å². The third-order valence-corrected chi connectivity index (χ3v) is 3.80. The second-order valence-electron chi connectivity index (χ2n) is 5.39. The maximum Gasteiger partial charge on any atom is 0.241 e. The Kier molecular flexibility index (Phi) is 4.43. The van der Waals surface area contributed by atoms with Crippen molar-refractivity contribution < 1.29 is 8.91 Å². The van der Waals surface area contributed by atoms with E-state index in [4.69, 9.17) is 4.52 Å². The van der Waals surface area contributed by atoms with E-state index in [1.807, 2.05) is 26.1 Å². The third-order valence-electron chi connectivity index (χ3n) is 3.80. The molecule has 0 bridgehead atoms. The molecule has 1 aromatic carbocycles. The zero-order chi connectivity index (χ0) is 16.2. The summed E-state index contributed by atoms with van der Waals surface area (Å²) in [4.78, 5) is 10.4. The molecule has 2 heterocycles. The molecule has 6 heteroatoms. The summed E-state index contributed by atoms with van der Waals surface area (Å²) in [5.41, 5.74) is 1.90. The van der Waals surface area contributed by atoms with Gasteiger partial charge >= 0.3 is 0 Å². The van der Waals surface area contributed by atoms with Crippen molar-refractivity contribution in [1.82, 2.24) is 20.0 Å². The smallest absolute Gasteiger partial charge is 0.241 e. The van der Waals surface area contributed by atoms with Crippen molar-refractivity contribution >= 4 is 0 Å². The van der Waals surface area contributed by atoms with E-state index >= 15 is 0 Å². The lowest BCUT2D eigenvalue weighted by Crippen LogP contribution is -2.22. The van der Waals surface area contributed by atoms with Gasteiger partial charge in [0.25, 0.3) is 0 Å². The highest BCUT2D eigenvalue weighted by molar-refractivity contribution is 5.52. The van der Waals surface area contributed by atoms with Crippen LogP contribution in [-0.2, 0) is 6.54 Å². The highest BCUT2D eigenvalue weighted by Gasteiger charge is 2.16. The predicted molar refractivity (Wildman–Crippen MR) is 83.8 cm³/mol. The first-order chi connectivity index (χ1) is 11.1. The molecule has 3 aromatic rings. The van der Waals surface area contributed by atoms with Crippen LogP contribution in [0.2, 0.25) is 0 Å². The Morgan fingerprint density at radius 1 is 1.13 bits per heavy atom. The molecule has 0 amide bonds. The molecule has 0 N–H and O–H groups in total. The standard InChI is InChI=1S/C17H17FN4O/c1-12(13-3-5-15(18)6-4-13)22(2)11-16-20-17(21-23-16)14-7-9-19-10-8-14/h3-10,12H,11H2,1-2H3/t12-/m1/s1. The lowest BCUT2D eigenvalue weighted by Gasteiger charge is -2.23. The summed E-state index contributed by atoms with van der Waals surface area (Å²) in [6.45, 7) is 2.56. The summed E-state index contributed by atoms with van der Waals surface area (Å²) in [7, 11) is 1.96. The van der Waals surface area contributed by atoms with Crippen molar-refractivity contribution in [1.29, 1.82) is 0 Å². The van der Waals surface area contributed by atoms with Gasteiger partial charge < -0.3 is 4.52 Å². The van der Waals surface area contributed by atoms with Crippen LogP contribution in [0, 0.1) is 5.82 Å². The number of aromatic nitrogens is 3. The molecule has 1 atom stereocenters. The molecule has 0 unspecified atom stereocenters. The second-order valence-corrected chi connectivity index (χ2v) is 5.39. The van der Waals surface area contributed by atoms with Crippen molar-refractivity contribution in [3.63, 3.8) is 0 Å². The Bertz CT molecular complexity index is 758. The molecule has 0 fully saturated rings. The molecular formula is C17H17FN4O. The third kappa shape index (κ3) is 3.60. The SMILES string of the molecule is C[C@H](c1ccc(F)cc1)N(C)Cc1nc(-c2ccncc2)no1. The van der Waals surface area contributed by atoms with E-state index in [0.717, 1.165) is 11.1 Å². The van der Waals surface area contributed by atoms with Gasteiger partial charge in [-0.15, -0.1) is 0 Å². The number of nitrogens with zero attached hydrogens (tertiary/aromatic N) is 4. The van der Waals surface area contributed by atoms with E-state index in [0.29, 0.717) is 18.3 Å². The molecule has 118 valence electrons. The molecule has 0 saturated carbocycles. The van der Waals surface area contributed by atoms with Gasteiger partial charge in [-0.1, -0.05) is 17.3 Å². The predicted octanol–water partition coefficient (Wildman–Crippen LogP) is 3.46. The van der Waals surface area contributed by atoms with Crippen LogP contribution >= 0.6 is 0 Å². The molecule has 0 aliphatic carbocycles. The first-order valence-electron chi connectivity index (χ1n) is 7.32. The van der Waals surface area contributed by atoms with E-state index in [9.17, 15) is 4.39 Å². The van der Waals surface area contributed by atoms with Crippen LogP contribution in [0.15, 0.2) is 53.3 Å². The topological polar surface area (TPSA) is 55.1 Å². The van der Waals surface area contributed by atoms with Crippen LogP contribution in [0.25, 0.3) is 11.4 Å². The molecule has 0 spiro atoms. The maximum atomic E-state index is 13.0. The van der Waals surface area contributed by atoms with Crippen LogP contribution in [0.4, 0.5) is 4.39 Å². The quantitative estimate of drug-likeness (QED) is 0.722. The summed E-state index contributed by atoms with van der Waals surface area (Å²) in [6.07, 6.45) is 3.38. The lowest BCUT2D eigenvalue weighted by molar-refractivity contribution is 0.216. The number of halogens is 1. The molecule has 0 radical (unpaired) electrons. The molecule has 0 aliphatic heterocycles. The minimum Gasteiger partial charge on any atom is -0.338 e. The number of benzene rings is 1. The average Bonchev–Trinajstić information content (AvgIpc) is 3.04. The van der Waals surface area contributed by atoms with Gasteiger partial charge in [0.1, 0.15) is 5.82 Å². The Hall–Kier alpha value is -2.60. The number of hydrogen-bond acceptors (Lipinski definition) is 5. The summed E-state index contributed by atoms with van der Waals surface area (Å²) in [6, 6.07) is 10.3. The van der Waals surface area contributed by atoms with Gasteiger partial charge in [0.15, 0.2) is 0 Å². The summed E-state index contributed by atoms with van der Waals surface area (Å²) in [5, 5.41) is 3.99. The largest absolute Gasteiger partial charge is 0.338 e. The summed E-state index contributed by atoms with van der Waals surface area (Å²) >= 11 is 0. The fraction of sp³-hybridized carbons (Fsp3) is 0.235. The first kappa shape index (κ1) is 15.3. The number of hydrogen-bond donors (Lipinski definition) is 0. The fourth-order valence-electron chi connectivity index (χ4n) is 2.28. The van der Waals surface area contributed by atoms with Gasteiger partial charge in [0.2, 0.25) is 11.7 Å². The highest BCUT2D eigenvalue weighted by Crippen LogP contribution is 2.21. The van der Waals surface area contributed by atoms with Gasteiger partial charge in [-0.2, -0.15) is 4.98 Å². The minimum atomic E-state index is -0.234. The van der Waals surface area contributed by atoms with Gasteiger partial charge in [-0.05, 0) is 43.8 Å². The minimum absolute atomic E-state index is 0.104. The molecule has 0 saturated heterocycles. The van der Waals surface area contributed by atoms with E-state index < -0.39 is 0 Å². The van der Waals surface area contributed by atoms with Crippen LogP contribution in [0.3, 0.4) is 0 Å². The van der Waals surface area contributed by atoms with Crippen LogP contribution in [0.1, 0.15) is 24.4 Å². The Morgan fingerprint density at radius 2 is 1.83 bits per heavy atom. The Balaban J connectivity index is 1.69. The zero-order valence-electron chi connectivity index (χ0n) is 13.0. The molecular weight excluding hydrogens is 295 g/mol. The van der Waals surface area contributed by atoms with Crippen LogP contribution < -0.4 is 0 Å². The lowest BCUT2D eigenvalue weighted by atomic mass is 10.1. The molecule has 0 aliphatic rings. The molecule has 5 nitrogen and oxygen atoms in total. The maximum absolute atomic E-state index is 13.0. The monoisotopic (exact) mass is 312 g/mol. The zero-order valence-corrected chi connectivity index (χ0v) is 13.0. The summed E-state index contributed by atoms with van der Waals surface area (Å²) in [5.74, 6) is 0.848. The van der Waals surface area contributed by atoms with Gasteiger partial charge in [-0.3, -0.25) is 9.88 Å². The fourth-order valence-corrected chi connectivity index (χ4v) is 2.28. The van der Waals surface area contributed by atoms with E-state index in [2.05, 4.69) is 20.0 Å². The Morgan fingerprint density at radius 3 is 2.52 bits per heavy atom.